The molecule has 0 aliphatic rings. The summed E-state index contributed by atoms with van der Waals surface area (Å²) in [5.74, 6) is 0.818. The van der Waals surface area contributed by atoms with Crippen molar-refractivity contribution in [2.75, 3.05) is 6.54 Å². The smallest absolute Gasteiger partial charge is 0.260 e. The minimum absolute atomic E-state index is 0.133. The molecule has 0 spiro atoms. The molecule has 1 atom stereocenters. The SMILES string of the molecule is CCN([C@H](C)c1cccnc1)S(=O)(=O)c1cnc(C(C)C)[nH]1. The van der Waals surface area contributed by atoms with E-state index in [0.717, 1.165) is 5.56 Å². The predicted molar refractivity (Wildman–Crippen MR) is 84.9 cm³/mol. The van der Waals surface area contributed by atoms with Gasteiger partial charge in [0.05, 0.1) is 6.20 Å². The highest BCUT2D eigenvalue weighted by Crippen LogP contribution is 2.26. The maximum atomic E-state index is 12.8. The third kappa shape index (κ3) is 3.20. The molecule has 6 nitrogen and oxygen atoms in total. The Kier molecular flexibility index (Phi) is 4.97. The summed E-state index contributed by atoms with van der Waals surface area (Å²) in [4.78, 5) is 11.1. The molecule has 0 bridgehead atoms. The minimum Gasteiger partial charge on any atom is -0.332 e. The van der Waals surface area contributed by atoms with Crippen molar-refractivity contribution in [3.63, 3.8) is 0 Å². The van der Waals surface area contributed by atoms with Gasteiger partial charge in [-0.05, 0) is 18.6 Å². The lowest BCUT2D eigenvalue weighted by atomic mass is 10.1. The lowest BCUT2D eigenvalue weighted by molar-refractivity contribution is 0.355. The van der Waals surface area contributed by atoms with Gasteiger partial charge in [-0.25, -0.2) is 13.4 Å². The quantitative estimate of drug-likeness (QED) is 0.887. The zero-order valence-electron chi connectivity index (χ0n) is 13.3. The first kappa shape index (κ1) is 16.6. The predicted octanol–water partition coefficient (Wildman–Crippen LogP) is 2.70. The molecule has 2 aromatic heterocycles. The van der Waals surface area contributed by atoms with E-state index < -0.39 is 10.0 Å². The summed E-state index contributed by atoms with van der Waals surface area (Å²) < 4.78 is 27.1. The summed E-state index contributed by atoms with van der Waals surface area (Å²) in [6.07, 6.45) is 4.75. The highest BCUT2D eigenvalue weighted by Gasteiger charge is 2.30. The Hall–Kier alpha value is -1.73. The summed E-state index contributed by atoms with van der Waals surface area (Å²) in [6, 6.07) is 3.39. The van der Waals surface area contributed by atoms with Crippen LogP contribution in [0.25, 0.3) is 0 Å². The van der Waals surface area contributed by atoms with Crippen LogP contribution in [0.3, 0.4) is 0 Å². The Balaban J connectivity index is 2.36. The van der Waals surface area contributed by atoms with Crippen molar-refractivity contribution in [1.29, 1.82) is 0 Å². The second-order valence-corrected chi connectivity index (χ2v) is 7.32. The molecule has 0 saturated heterocycles. The second kappa shape index (κ2) is 6.58. The second-order valence-electron chi connectivity index (χ2n) is 5.46. The molecule has 7 heteroatoms. The summed E-state index contributed by atoms with van der Waals surface area (Å²) in [5, 5.41) is 0.133. The number of rotatable bonds is 6. The van der Waals surface area contributed by atoms with Crippen LogP contribution in [0.15, 0.2) is 35.7 Å². The van der Waals surface area contributed by atoms with Crippen molar-refractivity contribution in [2.45, 2.75) is 44.7 Å². The fourth-order valence-corrected chi connectivity index (χ4v) is 3.86. The number of H-pyrrole nitrogens is 1. The average molecular weight is 322 g/mol. The van der Waals surface area contributed by atoms with E-state index >= 15 is 0 Å². The van der Waals surface area contributed by atoms with Crippen molar-refractivity contribution in [2.24, 2.45) is 0 Å². The molecule has 120 valence electrons. The maximum Gasteiger partial charge on any atom is 0.260 e. The zero-order valence-corrected chi connectivity index (χ0v) is 14.1. The van der Waals surface area contributed by atoms with Crippen molar-refractivity contribution in [3.05, 3.63) is 42.1 Å². The lowest BCUT2D eigenvalue weighted by Crippen LogP contribution is -2.33. The van der Waals surface area contributed by atoms with Gasteiger partial charge in [0.15, 0.2) is 5.03 Å². The van der Waals surface area contributed by atoms with Crippen molar-refractivity contribution in [3.8, 4) is 0 Å². The molecular weight excluding hydrogens is 300 g/mol. The van der Waals surface area contributed by atoms with Gasteiger partial charge in [0.25, 0.3) is 10.0 Å². The van der Waals surface area contributed by atoms with Gasteiger partial charge in [-0.3, -0.25) is 4.98 Å². The number of hydrogen-bond donors (Lipinski definition) is 1. The van der Waals surface area contributed by atoms with E-state index in [2.05, 4.69) is 15.0 Å². The van der Waals surface area contributed by atoms with Crippen molar-refractivity contribution in [1.82, 2.24) is 19.3 Å². The van der Waals surface area contributed by atoms with E-state index in [1.165, 1.54) is 10.5 Å². The third-order valence-electron chi connectivity index (χ3n) is 3.62. The third-order valence-corrected chi connectivity index (χ3v) is 5.57. The van der Waals surface area contributed by atoms with Crippen LogP contribution in [0.5, 0.6) is 0 Å². The molecule has 0 aromatic carbocycles. The van der Waals surface area contributed by atoms with E-state index in [1.54, 1.807) is 18.5 Å². The van der Waals surface area contributed by atoms with Crippen LogP contribution >= 0.6 is 0 Å². The Morgan fingerprint density at radius 2 is 2.00 bits per heavy atom. The molecular formula is C15H22N4O2S. The Morgan fingerprint density at radius 3 is 2.50 bits per heavy atom. The number of nitrogens with one attached hydrogen (secondary N) is 1. The van der Waals surface area contributed by atoms with Crippen LogP contribution in [0, 0.1) is 0 Å². The Labute approximate surface area is 131 Å². The van der Waals surface area contributed by atoms with E-state index in [9.17, 15) is 8.42 Å². The monoisotopic (exact) mass is 322 g/mol. The number of aromatic nitrogens is 3. The molecule has 0 aliphatic carbocycles. The van der Waals surface area contributed by atoms with Gasteiger partial charge < -0.3 is 4.98 Å². The number of hydrogen-bond acceptors (Lipinski definition) is 4. The largest absolute Gasteiger partial charge is 0.332 e. The van der Waals surface area contributed by atoms with Gasteiger partial charge >= 0.3 is 0 Å². The molecule has 22 heavy (non-hydrogen) atoms. The maximum absolute atomic E-state index is 12.8. The van der Waals surface area contributed by atoms with Gasteiger partial charge in [0.2, 0.25) is 0 Å². The van der Waals surface area contributed by atoms with Gasteiger partial charge in [-0.1, -0.05) is 26.8 Å². The van der Waals surface area contributed by atoms with E-state index in [-0.39, 0.29) is 17.0 Å². The fraction of sp³-hybridized carbons (Fsp3) is 0.467. The molecule has 2 rings (SSSR count). The number of sulfonamides is 1. The molecule has 0 unspecified atom stereocenters. The first-order chi connectivity index (χ1) is 10.4. The number of aromatic amines is 1. The molecule has 1 N–H and O–H groups in total. The Bertz CT molecular complexity index is 710. The highest BCUT2D eigenvalue weighted by atomic mass is 32.2. The molecule has 2 aromatic rings. The van der Waals surface area contributed by atoms with E-state index in [1.807, 2.05) is 33.8 Å². The summed E-state index contributed by atoms with van der Waals surface area (Å²) in [5.41, 5.74) is 0.858. The van der Waals surface area contributed by atoms with Crippen LogP contribution in [-0.4, -0.2) is 34.2 Å². The standard InChI is InChI=1S/C15H22N4O2S/c1-5-19(12(4)13-7-6-8-16-9-13)22(20,21)14-10-17-15(18-14)11(2)3/h6-12H,5H2,1-4H3,(H,17,18)/t12-/m1/s1. The number of nitrogens with zero attached hydrogens (tertiary/aromatic N) is 3. The first-order valence-corrected chi connectivity index (χ1v) is 8.78. The topological polar surface area (TPSA) is 79.0 Å². The van der Waals surface area contributed by atoms with Gasteiger partial charge in [0.1, 0.15) is 5.82 Å². The highest BCUT2D eigenvalue weighted by molar-refractivity contribution is 7.89. The molecule has 0 radical (unpaired) electrons. The average Bonchev–Trinajstić information content (AvgIpc) is 2.99. The lowest BCUT2D eigenvalue weighted by Gasteiger charge is -2.26. The minimum atomic E-state index is -3.62. The van der Waals surface area contributed by atoms with Gasteiger partial charge in [0, 0.05) is 30.9 Å². The summed E-state index contributed by atoms with van der Waals surface area (Å²) >= 11 is 0. The molecule has 0 saturated carbocycles. The molecule has 0 aliphatic heterocycles. The van der Waals surface area contributed by atoms with Crippen molar-refractivity contribution >= 4 is 10.0 Å². The molecule has 0 amide bonds. The normalized spacial score (nSPS) is 13.7. The van der Waals surface area contributed by atoms with Crippen LogP contribution in [-0.2, 0) is 10.0 Å². The Morgan fingerprint density at radius 1 is 1.27 bits per heavy atom. The summed E-state index contributed by atoms with van der Waals surface area (Å²) in [7, 11) is -3.62. The summed E-state index contributed by atoms with van der Waals surface area (Å²) in [6.45, 7) is 7.98. The van der Waals surface area contributed by atoms with Gasteiger partial charge in [-0.15, -0.1) is 0 Å². The first-order valence-electron chi connectivity index (χ1n) is 7.34. The zero-order chi connectivity index (χ0) is 16.3. The van der Waals surface area contributed by atoms with Crippen LogP contribution in [0.2, 0.25) is 0 Å². The molecule has 2 heterocycles. The number of pyridine rings is 1. The van der Waals surface area contributed by atoms with Crippen LogP contribution < -0.4 is 0 Å². The van der Waals surface area contributed by atoms with E-state index in [4.69, 9.17) is 0 Å². The molecule has 0 fully saturated rings. The fourth-order valence-electron chi connectivity index (χ4n) is 2.31. The van der Waals surface area contributed by atoms with Gasteiger partial charge in [-0.2, -0.15) is 4.31 Å². The van der Waals surface area contributed by atoms with Crippen molar-refractivity contribution < 1.29 is 8.42 Å². The van der Waals surface area contributed by atoms with E-state index in [0.29, 0.717) is 12.4 Å². The van der Waals surface area contributed by atoms with Crippen LogP contribution in [0.1, 0.15) is 51.0 Å². The number of imidazole rings is 1. The van der Waals surface area contributed by atoms with Crippen LogP contribution in [0.4, 0.5) is 0 Å².